The third-order valence-corrected chi connectivity index (χ3v) is 2.56. The Bertz CT molecular complexity index is 342. The average Bonchev–Trinajstić information content (AvgIpc) is 2.30. The van der Waals surface area contributed by atoms with Crippen molar-refractivity contribution in [3.05, 3.63) is 12.0 Å². The lowest BCUT2D eigenvalue weighted by atomic mass is 10.0. The Kier molecular flexibility index (Phi) is 5.62. The lowest BCUT2D eigenvalue weighted by molar-refractivity contribution is 0.255. The minimum atomic E-state index is -0.515. The molecule has 6 heteroatoms. The van der Waals surface area contributed by atoms with Gasteiger partial charge in [-0.3, -0.25) is 0 Å². The molecule has 0 aliphatic heterocycles. The molecule has 0 spiro atoms. The summed E-state index contributed by atoms with van der Waals surface area (Å²) in [5.74, 6) is -0.0429. The molecule has 5 nitrogen and oxygen atoms in total. The topological polar surface area (TPSA) is 84.1 Å². The van der Waals surface area contributed by atoms with Gasteiger partial charge in [0.1, 0.15) is 0 Å². The number of hydrogen-bond donors (Lipinski definition) is 3. The summed E-state index contributed by atoms with van der Waals surface area (Å²) in [6, 6.07) is 0. The number of nitrogens with one attached hydrogen (secondary N) is 1. The molecule has 0 aliphatic carbocycles. The Labute approximate surface area is 100 Å². The van der Waals surface area contributed by atoms with Crippen LogP contribution in [0.3, 0.4) is 0 Å². The monoisotopic (exact) mass is 242 g/mol. The van der Waals surface area contributed by atoms with Gasteiger partial charge in [0.2, 0.25) is 5.95 Å². The first-order valence-corrected chi connectivity index (χ1v) is 5.80. The Morgan fingerprint density at radius 3 is 2.94 bits per heavy atom. The highest BCUT2D eigenvalue weighted by Gasteiger charge is 2.10. The van der Waals surface area contributed by atoms with Gasteiger partial charge in [-0.05, 0) is 18.8 Å². The molecule has 1 unspecified atom stereocenters. The number of rotatable bonds is 7. The first kappa shape index (κ1) is 13.6. The molecule has 1 aromatic heterocycles. The minimum absolute atomic E-state index is 0.0445. The summed E-state index contributed by atoms with van der Waals surface area (Å²) in [6.45, 7) is 2.79. The van der Waals surface area contributed by atoms with Gasteiger partial charge in [0.05, 0.1) is 6.20 Å². The van der Waals surface area contributed by atoms with Gasteiger partial charge in [-0.15, -0.1) is 0 Å². The van der Waals surface area contributed by atoms with Crippen LogP contribution in [0, 0.1) is 11.7 Å². The van der Waals surface area contributed by atoms with Gasteiger partial charge in [-0.2, -0.15) is 4.98 Å². The van der Waals surface area contributed by atoms with Crippen molar-refractivity contribution in [1.82, 2.24) is 9.97 Å². The molecule has 1 aromatic rings. The molecule has 1 atom stereocenters. The molecule has 0 saturated heterocycles. The molecule has 0 aromatic carbocycles. The van der Waals surface area contributed by atoms with E-state index in [4.69, 9.17) is 10.8 Å². The van der Waals surface area contributed by atoms with E-state index < -0.39 is 5.82 Å². The first-order valence-electron chi connectivity index (χ1n) is 5.80. The number of aromatic nitrogens is 2. The lowest BCUT2D eigenvalue weighted by Crippen LogP contribution is -2.17. The van der Waals surface area contributed by atoms with Crippen molar-refractivity contribution < 1.29 is 9.50 Å². The molecule has 0 fully saturated rings. The molecule has 96 valence electrons. The van der Waals surface area contributed by atoms with E-state index in [1.807, 2.05) is 0 Å². The second-order valence-corrected chi connectivity index (χ2v) is 3.97. The van der Waals surface area contributed by atoms with Crippen LogP contribution in [-0.2, 0) is 0 Å². The third-order valence-electron chi connectivity index (χ3n) is 2.56. The largest absolute Gasteiger partial charge is 0.396 e. The van der Waals surface area contributed by atoms with E-state index in [0.717, 1.165) is 19.0 Å². The second-order valence-electron chi connectivity index (χ2n) is 3.97. The van der Waals surface area contributed by atoms with Crippen LogP contribution in [0.25, 0.3) is 0 Å². The summed E-state index contributed by atoms with van der Waals surface area (Å²) in [5, 5.41) is 11.8. The van der Waals surface area contributed by atoms with Crippen LogP contribution in [0.5, 0.6) is 0 Å². The molecular formula is C11H19FN4O. The highest BCUT2D eigenvalue weighted by atomic mass is 19.1. The molecular weight excluding hydrogens is 223 g/mol. The fraction of sp³-hybridized carbons (Fsp3) is 0.636. The zero-order valence-corrected chi connectivity index (χ0v) is 9.99. The molecule has 17 heavy (non-hydrogen) atoms. The van der Waals surface area contributed by atoms with E-state index in [0.29, 0.717) is 18.9 Å². The highest BCUT2D eigenvalue weighted by Crippen LogP contribution is 2.14. The van der Waals surface area contributed by atoms with Gasteiger partial charge in [-0.1, -0.05) is 13.3 Å². The van der Waals surface area contributed by atoms with Gasteiger partial charge >= 0.3 is 0 Å². The molecule has 0 radical (unpaired) electrons. The van der Waals surface area contributed by atoms with Crippen LogP contribution < -0.4 is 11.1 Å². The van der Waals surface area contributed by atoms with Crippen LogP contribution in [0.15, 0.2) is 6.20 Å². The van der Waals surface area contributed by atoms with Crippen molar-refractivity contribution in [2.24, 2.45) is 5.92 Å². The summed E-state index contributed by atoms with van der Waals surface area (Å²) in [6.07, 6.45) is 3.76. The minimum Gasteiger partial charge on any atom is -0.396 e. The van der Waals surface area contributed by atoms with E-state index in [9.17, 15) is 4.39 Å². The number of hydrogen-bond acceptors (Lipinski definition) is 5. The molecule has 0 aliphatic rings. The van der Waals surface area contributed by atoms with E-state index in [1.54, 1.807) is 0 Å². The summed E-state index contributed by atoms with van der Waals surface area (Å²) in [7, 11) is 0. The molecule has 1 heterocycles. The molecule has 4 N–H and O–H groups in total. The van der Waals surface area contributed by atoms with E-state index in [-0.39, 0.29) is 18.4 Å². The molecule has 1 rings (SSSR count). The first-order chi connectivity index (χ1) is 8.17. The molecule has 0 saturated carbocycles. The van der Waals surface area contributed by atoms with Crippen LogP contribution in [0.1, 0.15) is 26.2 Å². The number of halogens is 1. The predicted molar refractivity (Wildman–Crippen MR) is 65.0 cm³/mol. The maximum Gasteiger partial charge on any atom is 0.222 e. The van der Waals surface area contributed by atoms with Crippen molar-refractivity contribution in [3.63, 3.8) is 0 Å². The van der Waals surface area contributed by atoms with Gasteiger partial charge in [0.15, 0.2) is 11.6 Å². The van der Waals surface area contributed by atoms with E-state index >= 15 is 0 Å². The fourth-order valence-electron chi connectivity index (χ4n) is 1.69. The van der Waals surface area contributed by atoms with Gasteiger partial charge in [0, 0.05) is 13.2 Å². The van der Waals surface area contributed by atoms with Crippen molar-refractivity contribution in [3.8, 4) is 0 Å². The van der Waals surface area contributed by atoms with Crippen LogP contribution in [0.4, 0.5) is 16.2 Å². The number of aliphatic hydroxyl groups is 1. The van der Waals surface area contributed by atoms with Crippen LogP contribution in [-0.4, -0.2) is 28.2 Å². The lowest BCUT2D eigenvalue weighted by Gasteiger charge is -2.16. The van der Waals surface area contributed by atoms with Gasteiger partial charge in [-0.25, -0.2) is 9.37 Å². The molecule has 0 amide bonds. The smallest absolute Gasteiger partial charge is 0.222 e. The Hall–Kier alpha value is -1.43. The highest BCUT2D eigenvalue weighted by molar-refractivity contribution is 5.39. The maximum atomic E-state index is 13.3. The van der Waals surface area contributed by atoms with Crippen molar-refractivity contribution in [1.29, 1.82) is 0 Å². The zero-order valence-electron chi connectivity index (χ0n) is 9.99. The Morgan fingerprint density at radius 2 is 2.29 bits per heavy atom. The summed E-state index contributed by atoms with van der Waals surface area (Å²) < 4.78 is 13.3. The summed E-state index contributed by atoms with van der Waals surface area (Å²) in [4.78, 5) is 7.33. The van der Waals surface area contributed by atoms with Gasteiger partial charge in [0.25, 0.3) is 0 Å². The van der Waals surface area contributed by atoms with Crippen molar-refractivity contribution in [2.45, 2.75) is 26.2 Å². The zero-order chi connectivity index (χ0) is 12.7. The predicted octanol–water partition coefficient (Wildman–Crippen LogP) is 1.41. The second kappa shape index (κ2) is 7.01. The average molecular weight is 242 g/mol. The Balaban J connectivity index is 2.55. The number of nitrogens with zero attached hydrogens (tertiary/aromatic N) is 2. The number of nitrogens with two attached hydrogens (primary N) is 1. The molecule has 0 bridgehead atoms. The SMILES string of the molecule is CCCC(CCO)CNc1nc(N)ncc1F. The van der Waals surface area contributed by atoms with Gasteiger partial charge < -0.3 is 16.2 Å². The van der Waals surface area contributed by atoms with Crippen molar-refractivity contribution >= 4 is 11.8 Å². The summed E-state index contributed by atoms with van der Waals surface area (Å²) >= 11 is 0. The Morgan fingerprint density at radius 1 is 1.53 bits per heavy atom. The maximum absolute atomic E-state index is 13.3. The standard InChI is InChI=1S/C11H19FN4O/c1-2-3-8(4-5-17)6-14-10-9(12)7-15-11(13)16-10/h7-8,17H,2-6H2,1H3,(H3,13,14,15,16). The summed E-state index contributed by atoms with van der Waals surface area (Å²) in [5.41, 5.74) is 5.38. The van der Waals surface area contributed by atoms with Crippen LogP contribution >= 0.6 is 0 Å². The van der Waals surface area contributed by atoms with Crippen molar-refractivity contribution in [2.75, 3.05) is 24.2 Å². The number of anilines is 2. The van der Waals surface area contributed by atoms with Crippen LogP contribution in [0.2, 0.25) is 0 Å². The number of aliphatic hydroxyl groups excluding tert-OH is 1. The quantitative estimate of drug-likeness (QED) is 0.673. The third kappa shape index (κ3) is 4.52. The van der Waals surface area contributed by atoms with E-state index in [1.165, 1.54) is 0 Å². The van der Waals surface area contributed by atoms with E-state index in [2.05, 4.69) is 22.2 Å². The number of nitrogen functional groups attached to an aromatic ring is 1. The fourth-order valence-corrected chi connectivity index (χ4v) is 1.69. The normalized spacial score (nSPS) is 12.4.